The van der Waals surface area contributed by atoms with E-state index in [1.807, 2.05) is 0 Å². The topological polar surface area (TPSA) is 71.2 Å². The summed E-state index contributed by atoms with van der Waals surface area (Å²) in [4.78, 5) is 17.7. The Morgan fingerprint density at radius 2 is 2.11 bits per heavy atom. The highest BCUT2D eigenvalue weighted by Crippen LogP contribution is 2.13. The zero-order valence-electron chi connectivity index (χ0n) is 10.9. The van der Waals surface area contributed by atoms with Crippen LogP contribution in [-0.2, 0) is 11.3 Å². The molecule has 0 aliphatic heterocycles. The number of benzene rings is 1. The van der Waals surface area contributed by atoms with Gasteiger partial charge in [-0.25, -0.2) is 9.67 Å². The molecule has 0 aliphatic carbocycles. The maximum absolute atomic E-state index is 12.2. The number of rotatable bonds is 4. The van der Waals surface area contributed by atoms with Gasteiger partial charge in [0.2, 0.25) is 5.91 Å². The van der Waals surface area contributed by atoms with Crippen LogP contribution in [0.4, 0.5) is 0 Å². The third-order valence-corrected chi connectivity index (χ3v) is 2.92. The maximum Gasteiger partial charge on any atom is 0.247 e. The molecule has 0 spiro atoms. The number of carbonyl (C=O) groups excluding carboxylic acids is 1. The average molecular weight is 260 g/mol. The van der Waals surface area contributed by atoms with Gasteiger partial charge in [-0.3, -0.25) is 4.79 Å². The van der Waals surface area contributed by atoms with E-state index in [-0.39, 0.29) is 17.7 Å². The van der Waals surface area contributed by atoms with Crippen molar-refractivity contribution in [2.45, 2.75) is 19.5 Å². The first kappa shape index (κ1) is 13.1. The average Bonchev–Trinajstić information content (AvgIpc) is 2.93. The molecular formula is C13H16N4O2. The van der Waals surface area contributed by atoms with Crippen LogP contribution in [0.5, 0.6) is 5.75 Å². The van der Waals surface area contributed by atoms with E-state index in [0.717, 1.165) is 5.56 Å². The predicted molar refractivity (Wildman–Crippen MR) is 69.3 cm³/mol. The zero-order chi connectivity index (χ0) is 13.8. The summed E-state index contributed by atoms with van der Waals surface area (Å²) in [6.45, 7) is 2.27. The normalized spacial score (nSPS) is 12.1. The molecule has 2 aromatic rings. The fraction of sp³-hybridized carbons (Fsp3) is 0.308. The van der Waals surface area contributed by atoms with Gasteiger partial charge < -0.3 is 10.0 Å². The van der Waals surface area contributed by atoms with Gasteiger partial charge in [-0.05, 0) is 24.6 Å². The van der Waals surface area contributed by atoms with Gasteiger partial charge in [0, 0.05) is 13.6 Å². The monoisotopic (exact) mass is 260 g/mol. The second kappa shape index (κ2) is 5.51. The van der Waals surface area contributed by atoms with E-state index in [1.165, 1.54) is 17.3 Å². The van der Waals surface area contributed by atoms with Crippen LogP contribution in [0.15, 0.2) is 36.9 Å². The van der Waals surface area contributed by atoms with Crippen molar-refractivity contribution in [3.63, 3.8) is 0 Å². The van der Waals surface area contributed by atoms with E-state index < -0.39 is 0 Å². The third kappa shape index (κ3) is 3.09. The SMILES string of the molecule is CC(C(=O)N(C)Cc1ccc(O)cc1)n1cncn1. The van der Waals surface area contributed by atoms with Gasteiger partial charge in [0.05, 0.1) is 0 Å². The van der Waals surface area contributed by atoms with Crippen LogP contribution < -0.4 is 0 Å². The van der Waals surface area contributed by atoms with Crippen molar-refractivity contribution in [1.29, 1.82) is 0 Å². The summed E-state index contributed by atoms with van der Waals surface area (Å²) in [6, 6.07) is 6.41. The summed E-state index contributed by atoms with van der Waals surface area (Å²) >= 11 is 0. The standard InChI is InChI=1S/C13H16N4O2/c1-10(17-9-14-8-15-17)13(19)16(2)7-11-3-5-12(18)6-4-11/h3-6,8-10,18H,7H2,1-2H3. The van der Waals surface area contributed by atoms with Crippen molar-refractivity contribution in [3.05, 3.63) is 42.5 Å². The van der Waals surface area contributed by atoms with Crippen LogP contribution in [0.1, 0.15) is 18.5 Å². The molecule has 0 aliphatic rings. The summed E-state index contributed by atoms with van der Waals surface area (Å²) in [6.07, 6.45) is 2.93. The molecule has 6 heteroatoms. The van der Waals surface area contributed by atoms with E-state index in [1.54, 1.807) is 43.1 Å². The molecule has 19 heavy (non-hydrogen) atoms. The highest BCUT2D eigenvalue weighted by molar-refractivity contribution is 5.79. The second-order valence-corrected chi connectivity index (χ2v) is 4.41. The number of likely N-dealkylation sites (N-methyl/N-ethyl adjacent to an activating group) is 1. The number of carbonyl (C=O) groups is 1. The van der Waals surface area contributed by atoms with Crippen molar-refractivity contribution in [3.8, 4) is 5.75 Å². The van der Waals surface area contributed by atoms with Crippen LogP contribution in [0.2, 0.25) is 0 Å². The Morgan fingerprint density at radius 1 is 1.42 bits per heavy atom. The molecule has 0 radical (unpaired) electrons. The van der Waals surface area contributed by atoms with Crippen LogP contribution in [-0.4, -0.2) is 37.7 Å². The lowest BCUT2D eigenvalue weighted by Gasteiger charge is -2.21. The number of hydrogen-bond acceptors (Lipinski definition) is 4. The van der Waals surface area contributed by atoms with Crippen LogP contribution in [0.3, 0.4) is 0 Å². The first-order valence-electron chi connectivity index (χ1n) is 5.95. The van der Waals surface area contributed by atoms with Crippen molar-refractivity contribution in [1.82, 2.24) is 19.7 Å². The fourth-order valence-corrected chi connectivity index (χ4v) is 1.80. The second-order valence-electron chi connectivity index (χ2n) is 4.41. The van der Waals surface area contributed by atoms with Crippen molar-refractivity contribution in [2.24, 2.45) is 0 Å². The Balaban J connectivity index is 2.01. The molecular weight excluding hydrogens is 244 g/mol. The Kier molecular flexibility index (Phi) is 3.79. The van der Waals surface area contributed by atoms with Crippen LogP contribution in [0, 0.1) is 0 Å². The summed E-state index contributed by atoms with van der Waals surface area (Å²) in [5, 5.41) is 13.2. The van der Waals surface area contributed by atoms with Gasteiger partial charge in [0.1, 0.15) is 24.4 Å². The summed E-state index contributed by atoms with van der Waals surface area (Å²) in [5.41, 5.74) is 0.958. The Labute approximate surface area is 111 Å². The molecule has 1 heterocycles. The molecule has 0 bridgehead atoms. The summed E-state index contributed by atoms with van der Waals surface area (Å²) < 4.78 is 1.52. The van der Waals surface area contributed by atoms with Gasteiger partial charge in [0.15, 0.2) is 0 Å². The molecule has 0 saturated heterocycles. The van der Waals surface area contributed by atoms with E-state index >= 15 is 0 Å². The van der Waals surface area contributed by atoms with Gasteiger partial charge in [-0.2, -0.15) is 5.10 Å². The molecule has 0 saturated carbocycles. The van der Waals surface area contributed by atoms with Crippen LogP contribution in [0.25, 0.3) is 0 Å². The van der Waals surface area contributed by atoms with E-state index in [2.05, 4.69) is 10.1 Å². The lowest BCUT2D eigenvalue weighted by atomic mass is 10.2. The molecule has 2 rings (SSSR count). The van der Waals surface area contributed by atoms with E-state index in [0.29, 0.717) is 6.54 Å². The molecule has 1 atom stereocenters. The number of aromatic nitrogens is 3. The highest BCUT2D eigenvalue weighted by Gasteiger charge is 2.19. The number of aromatic hydroxyl groups is 1. The summed E-state index contributed by atoms with van der Waals surface area (Å²) in [7, 11) is 1.74. The van der Waals surface area contributed by atoms with Gasteiger partial charge >= 0.3 is 0 Å². The molecule has 6 nitrogen and oxygen atoms in total. The largest absolute Gasteiger partial charge is 0.508 e. The van der Waals surface area contributed by atoms with Crippen molar-refractivity contribution in [2.75, 3.05) is 7.05 Å². The smallest absolute Gasteiger partial charge is 0.247 e. The fourth-order valence-electron chi connectivity index (χ4n) is 1.80. The zero-order valence-corrected chi connectivity index (χ0v) is 10.9. The lowest BCUT2D eigenvalue weighted by molar-refractivity contribution is -0.133. The van der Waals surface area contributed by atoms with E-state index in [9.17, 15) is 9.90 Å². The molecule has 100 valence electrons. The number of phenols is 1. The quantitative estimate of drug-likeness (QED) is 0.896. The summed E-state index contributed by atoms with van der Waals surface area (Å²) in [5.74, 6) is 0.173. The number of amides is 1. The minimum atomic E-state index is -0.385. The number of nitrogens with zero attached hydrogens (tertiary/aromatic N) is 4. The van der Waals surface area contributed by atoms with E-state index in [4.69, 9.17) is 0 Å². The number of phenolic OH excluding ortho intramolecular Hbond substituents is 1. The predicted octanol–water partition coefficient (Wildman–Crippen LogP) is 1.20. The Morgan fingerprint density at radius 3 is 2.68 bits per heavy atom. The first-order valence-corrected chi connectivity index (χ1v) is 5.95. The third-order valence-electron chi connectivity index (χ3n) is 2.92. The molecule has 1 unspecified atom stereocenters. The minimum Gasteiger partial charge on any atom is -0.508 e. The molecule has 1 N–H and O–H groups in total. The van der Waals surface area contributed by atoms with Gasteiger partial charge in [-0.15, -0.1) is 0 Å². The molecule has 1 aromatic heterocycles. The maximum atomic E-state index is 12.2. The van der Waals surface area contributed by atoms with Crippen molar-refractivity contribution < 1.29 is 9.90 Å². The van der Waals surface area contributed by atoms with Crippen molar-refractivity contribution >= 4 is 5.91 Å². The minimum absolute atomic E-state index is 0.0430. The number of hydrogen-bond donors (Lipinski definition) is 1. The first-order chi connectivity index (χ1) is 9.08. The lowest BCUT2D eigenvalue weighted by Crippen LogP contribution is -2.32. The molecule has 1 amide bonds. The van der Waals surface area contributed by atoms with Gasteiger partial charge in [-0.1, -0.05) is 12.1 Å². The Bertz CT molecular complexity index is 536. The van der Waals surface area contributed by atoms with Crippen LogP contribution >= 0.6 is 0 Å². The molecule has 0 fully saturated rings. The highest BCUT2D eigenvalue weighted by atomic mass is 16.3. The Hall–Kier alpha value is -2.37. The molecule has 1 aromatic carbocycles. The van der Waals surface area contributed by atoms with Gasteiger partial charge in [0.25, 0.3) is 0 Å².